The van der Waals surface area contributed by atoms with Crippen LogP contribution in [-0.4, -0.2) is 21.4 Å². The van der Waals surface area contributed by atoms with Gasteiger partial charge in [0.25, 0.3) is 0 Å². The van der Waals surface area contributed by atoms with E-state index in [0.717, 1.165) is 56.1 Å². The number of fused-ring (bicyclic) bond motifs is 4. The van der Waals surface area contributed by atoms with Gasteiger partial charge in [0.2, 0.25) is 0 Å². The van der Waals surface area contributed by atoms with E-state index in [2.05, 4.69) is 121 Å². The van der Waals surface area contributed by atoms with E-state index < -0.39 is 0 Å². The molecule has 0 unspecified atom stereocenters. The first-order valence-corrected chi connectivity index (χ1v) is 16.0. The molecule has 8 aromatic rings. The van der Waals surface area contributed by atoms with Gasteiger partial charge in [-0.15, -0.1) is 0 Å². The van der Waals surface area contributed by atoms with Crippen LogP contribution >= 0.6 is 0 Å². The lowest BCUT2D eigenvalue weighted by Gasteiger charge is -2.17. The maximum atomic E-state index is 5.28. The van der Waals surface area contributed by atoms with E-state index in [0.29, 0.717) is 0 Å². The van der Waals surface area contributed by atoms with Crippen LogP contribution in [0.5, 0.6) is 0 Å². The molecule has 9 rings (SSSR count). The van der Waals surface area contributed by atoms with Crippen LogP contribution in [0.3, 0.4) is 0 Å². The molecule has 4 heteroatoms. The van der Waals surface area contributed by atoms with Gasteiger partial charge in [0, 0.05) is 23.5 Å². The van der Waals surface area contributed by atoms with Crippen molar-refractivity contribution in [1.29, 1.82) is 0 Å². The second-order valence-corrected chi connectivity index (χ2v) is 11.9. The van der Waals surface area contributed by atoms with Crippen molar-refractivity contribution >= 4 is 44.3 Å². The molecule has 0 fully saturated rings. The van der Waals surface area contributed by atoms with Gasteiger partial charge in [-0.3, -0.25) is 9.97 Å². The molecule has 0 atom stereocenters. The minimum atomic E-state index is 0.734. The van der Waals surface area contributed by atoms with E-state index >= 15 is 0 Å². The first-order valence-electron chi connectivity index (χ1n) is 16.0. The number of hydrogen-bond donors (Lipinski definition) is 0. The SMILES string of the molecule is c1ccc(-c2ccc3cc(C4=Nc5cccnc5C(c5ccc6cc(-c7ccccc7)ccc6c5)=Nc5cccnc54)ccc3c2)cc1. The molecule has 0 radical (unpaired) electrons. The summed E-state index contributed by atoms with van der Waals surface area (Å²) in [5.74, 6) is 0. The van der Waals surface area contributed by atoms with E-state index in [1.807, 2.05) is 48.8 Å². The summed E-state index contributed by atoms with van der Waals surface area (Å²) in [7, 11) is 0. The molecule has 224 valence electrons. The second kappa shape index (κ2) is 11.7. The minimum absolute atomic E-state index is 0.734. The molecule has 6 aromatic carbocycles. The van der Waals surface area contributed by atoms with Crippen molar-refractivity contribution in [3.63, 3.8) is 0 Å². The van der Waals surface area contributed by atoms with E-state index in [-0.39, 0.29) is 0 Å². The summed E-state index contributed by atoms with van der Waals surface area (Å²) in [5.41, 5.74) is 11.2. The van der Waals surface area contributed by atoms with Crippen molar-refractivity contribution in [2.75, 3.05) is 0 Å². The van der Waals surface area contributed by atoms with Crippen LogP contribution in [0.4, 0.5) is 11.4 Å². The summed E-state index contributed by atoms with van der Waals surface area (Å²) < 4.78 is 0. The summed E-state index contributed by atoms with van der Waals surface area (Å²) in [6, 6.07) is 55.0. The van der Waals surface area contributed by atoms with Gasteiger partial charge in [-0.2, -0.15) is 0 Å². The Morgan fingerprint density at radius 1 is 0.292 bits per heavy atom. The Kier molecular flexibility index (Phi) is 6.76. The van der Waals surface area contributed by atoms with Crippen LogP contribution in [-0.2, 0) is 0 Å². The van der Waals surface area contributed by atoms with Crippen molar-refractivity contribution in [2.24, 2.45) is 9.98 Å². The molecule has 0 spiro atoms. The Morgan fingerprint density at radius 2 is 0.667 bits per heavy atom. The highest BCUT2D eigenvalue weighted by Gasteiger charge is 2.22. The molecule has 3 heterocycles. The fourth-order valence-electron chi connectivity index (χ4n) is 6.49. The molecule has 1 aliphatic heterocycles. The minimum Gasteiger partial charge on any atom is -0.252 e. The lowest BCUT2D eigenvalue weighted by atomic mass is 9.96. The highest BCUT2D eigenvalue weighted by molar-refractivity contribution is 6.22. The van der Waals surface area contributed by atoms with Crippen LogP contribution in [0.2, 0.25) is 0 Å². The molecule has 0 N–H and O–H groups in total. The van der Waals surface area contributed by atoms with Gasteiger partial charge in [0.1, 0.15) is 11.4 Å². The van der Waals surface area contributed by atoms with Crippen LogP contribution < -0.4 is 0 Å². The van der Waals surface area contributed by atoms with Crippen molar-refractivity contribution in [2.45, 2.75) is 0 Å². The topological polar surface area (TPSA) is 50.5 Å². The number of rotatable bonds is 4. The Bertz CT molecular complexity index is 2370. The quantitative estimate of drug-likeness (QED) is 0.199. The van der Waals surface area contributed by atoms with Crippen LogP contribution in [0.1, 0.15) is 22.5 Å². The first-order chi connectivity index (χ1) is 23.8. The van der Waals surface area contributed by atoms with Gasteiger partial charge < -0.3 is 0 Å². The van der Waals surface area contributed by atoms with Gasteiger partial charge in [-0.25, -0.2) is 9.98 Å². The summed E-state index contributed by atoms with van der Waals surface area (Å²) in [6.07, 6.45) is 3.62. The Balaban J connectivity index is 1.15. The third kappa shape index (κ3) is 5.06. The third-order valence-corrected chi connectivity index (χ3v) is 8.93. The molecule has 0 bridgehead atoms. The Hall–Kier alpha value is -6.52. The van der Waals surface area contributed by atoms with Crippen molar-refractivity contribution in [1.82, 2.24) is 9.97 Å². The predicted octanol–water partition coefficient (Wildman–Crippen LogP) is 10.8. The number of benzene rings is 6. The Labute approximate surface area is 278 Å². The van der Waals surface area contributed by atoms with Crippen LogP contribution in [0.25, 0.3) is 43.8 Å². The number of aliphatic imine (C=N–C) groups is 2. The zero-order valence-corrected chi connectivity index (χ0v) is 26.0. The highest BCUT2D eigenvalue weighted by Crippen LogP contribution is 2.34. The zero-order valence-electron chi connectivity index (χ0n) is 26.0. The largest absolute Gasteiger partial charge is 0.252 e. The standard InChI is InChI=1S/C44H28N4/c1-3-9-29(10-4-1)31-15-17-35-27-37(21-19-33(35)25-31)41-43-39(13-7-23-45-43)48-42(44-40(47-41)14-8-24-46-44)38-22-20-34-26-32(16-18-36(34)28-38)30-11-5-2-6-12-30/h1-28H. The fourth-order valence-corrected chi connectivity index (χ4v) is 6.49. The molecule has 0 amide bonds. The van der Waals surface area contributed by atoms with E-state index in [9.17, 15) is 0 Å². The lowest BCUT2D eigenvalue weighted by molar-refractivity contribution is 1.22. The summed E-state index contributed by atoms with van der Waals surface area (Å²) in [5, 5.41) is 4.61. The number of hydrogen-bond acceptors (Lipinski definition) is 4. The van der Waals surface area contributed by atoms with Gasteiger partial charge in [0.05, 0.1) is 22.8 Å². The van der Waals surface area contributed by atoms with Crippen molar-refractivity contribution < 1.29 is 0 Å². The molecule has 2 aromatic heterocycles. The molecular weight excluding hydrogens is 585 g/mol. The molecule has 0 saturated carbocycles. The van der Waals surface area contributed by atoms with Gasteiger partial charge in [-0.1, -0.05) is 109 Å². The molecule has 0 aliphatic carbocycles. The maximum absolute atomic E-state index is 5.28. The van der Waals surface area contributed by atoms with Crippen LogP contribution in [0, 0.1) is 0 Å². The van der Waals surface area contributed by atoms with E-state index in [4.69, 9.17) is 20.0 Å². The number of aromatic nitrogens is 2. The number of nitrogens with zero attached hydrogens (tertiary/aromatic N) is 4. The van der Waals surface area contributed by atoms with Crippen molar-refractivity contribution in [3.8, 4) is 22.3 Å². The van der Waals surface area contributed by atoms with Crippen LogP contribution in [0.15, 0.2) is 180 Å². The average molecular weight is 613 g/mol. The number of pyridine rings is 2. The second-order valence-electron chi connectivity index (χ2n) is 11.9. The van der Waals surface area contributed by atoms with Crippen molar-refractivity contribution in [3.05, 3.63) is 193 Å². The monoisotopic (exact) mass is 612 g/mol. The Morgan fingerprint density at radius 3 is 1.08 bits per heavy atom. The first kappa shape index (κ1) is 27.8. The molecule has 0 saturated heterocycles. The average Bonchev–Trinajstić information content (AvgIpc) is 3.15. The molecule has 4 nitrogen and oxygen atoms in total. The highest BCUT2D eigenvalue weighted by atomic mass is 14.9. The summed E-state index contributed by atoms with van der Waals surface area (Å²) in [4.78, 5) is 20.2. The maximum Gasteiger partial charge on any atom is 0.115 e. The predicted molar refractivity (Wildman–Crippen MR) is 198 cm³/mol. The third-order valence-electron chi connectivity index (χ3n) is 8.93. The van der Waals surface area contributed by atoms with Gasteiger partial charge in [-0.05, 0) is 92.3 Å². The lowest BCUT2D eigenvalue weighted by Crippen LogP contribution is -2.12. The summed E-state index contributed by atoms with van der Waals surface area (Å²) >= 11 is 0. The zero-order chi connectivity index (χ0) is 31.9. The van der Waals surface area contributed by atoms with Gasteiger partial charge in [0.15, 0.2) is 0 Å². The van der Waals surface area contributed by atoms with E-state index in [1.54, 1.807) is 0 Å². The molecule has 1 aliphatic rings. The smallest absolute Gasteiger partial charge is 0.115 e. The van der Waals surface area contributed by atoms with Gasteiger partial charge >= 0.3 is 0 Å². The summed E-state index contributed by atoms with van der Waals surface area (Å²) in [6.45, 7) is 0. The normalized spacial score (nSPS) is 12.4. The molecule has 48 heavy (non-hydrogen) atoms. The molecular formula is C44H28N4. The fraction of sp³-hybridized carbons (Fsp3) is 0. The van der Waals surface area contributed by atoms with E-state index in [1.165, 1.54) is 33.0 Å².